The first-order valence-corrected chi connectivity index (χ1v) is 11.7. The number of fused-ring (bicyclic) bond motifs is 1. The highest BCUT2D eigenvalue weighted by atomic mass is 35.5. The van der Waals surface area contributed by atoms with Crippen LogP contribution in [0.25, 0.3) is 11.0 Å². The molecule has 0 N–H and O–H groups in total. The summed E-state index contributed by atoms with van der Waals surface area (Å²) in [5.41, 5.74) is 2.62. The van der Waals surface area contributed by atoms with Crippen molar-refractivity contribution in [2.24, 2.45) is 5.92 Å². The van der Waals surface area contributed by atoms with Crippen molar-refractivity contribution >= 4 is 34.2 Å². The van der Waals surface area contributed by atoms with Gasteiger partial charge in [0.1, 0.15) is 11.5 Å². The molecule has 1 saturated heterocycles. The molecule has 0 radical (unpaired) electrons. The van der Waals surface area contributed by atoms with Crippen LogP contribution in [-0.2, 0) is 17.8 Å². The third-order valence-electron chi connectivity index (χ3n) is 5.92. The number of carbonyl (C=O) groups is 1. The third kappa shape index (κ3) is 5.36. The van der Waals surface area contributed by atoms with Gasteiger partial charge in [-0.3, -0.25) is 9.59 Å². The lowest BCUT2D eigenvalue weighted by Gasteiger charge is -2.36. The predicted molar refractivity (Wildman–Crippen MR) is 129 cm³/mol. The van der Waals surface area contributed by atoms with Gasteiger partial charge in [0.2, 0.25) is 5.91 Å². The lowest BCUT2D eigenvalue weighted by Crippen LogP contribution is -2.49. The van der Waals surface area contributed by atoms with E-state index in [1.54, 1.807) is 28.8 Å². The van der Waals surface area contributed by atoms with Crippen molar-refractivity contribution in [2.75, 3.05) is 31.1 Å². The fourth-order valence-electron chi connectivity index (χ4n) is 4.23. The van der Waals surface area contributed by atoms with Crippen LogP contribution in [0.5, 0.6) is 0 Å². The Morgan fingerprint density at radius 2 is 1.79 bits per heavy atom. The summed E-state index contributed by atoms with van der Waals surface area (Å²) < 4.78 is 14.9. The van der Waals surface area contributed by atoms with Gasteiger partial charge >= 0.3 is 0 Å². The van der Waals surface area contributed by atoms with Crippen molar-refractivity contribution in [3.05, 3.63) is 69.4 Å². The van der Waals surface area contributed by atoms with E-state index in [0.717, 1.165) is 11.2 Å². The number of nitrogens with zero attached hydrogens (tertiary/aromatic N) is 4. The number of rotatable bonds is 6. The minimum atomic E-state index is -0.260. The van der Waals surface area contributed by atoms with Crippen LogP contribution in [0.1, 0.15) is 26.0 Å². The maximum Gasteiger partial charge on any atom is 0.272 e. The molecule has 1 aromatic heterocycles. The van der Waals surface area contributed by atoms with Crippen molar-refractivity contribution < 1.29 is 9.18 Å². The van der Waals surface area contributed by atoms with Gasteiger partial charge in [-0.15, -0.1) is 0 Å². The first kappa shape index (κ1) is 23.2. The van der Waals surface area contributed by atoms with Gasteiger partial charge in [0.15, 0.2) is 0 Å². The van der Waals surface area contributed by atoms with Gasteiger partial charge in [-0.25, -0.2) is 9.37 Å². The van der Waals surface area contributed by atoms with Crippen molar-refractivity contribution in [3.8, 4) is 0 Å². The fourth-order valence-corrected chi connectivity index (χ4v) is 4.40. The number of benzene rings is 2. The average Bonchev–Trinajstić information content (AvgIpc) is 2.80. The summed E-state index contributed by atoms with van der Waals surface area (Å²) in [6, 6.07) is 11.7. The Kier molecular flexibility index (Phi) is 6.98. The molecule has 0 saturated carbocycles. The summed E-state index contributed by atoms with van der Waals surface area (Å²) in [6.45, 7) is 7.25. The highest BCUT2D eigenvalue weighted by Crippen LogP contribution is 2.19. The minimum Gasteiger partial charge on any atom is -0.368 e. The van der Waals surface area contributed by atoms with Gasteiger partial charge in [-0.2, -0.15) is 0 Å². The number of anilines is 1. The molecule has 1 amide bonds. The molecule has 174 valence electrons. The van der Waals surface area contributed by atoms with Gasteiger partial charge in [0.25, 0.3) is 5.56 Å². The molecule has 0 bridgehead atoms. The molecule has 1 aliphatic heterocycles. The zero-order valence-electron chi connectivity index (χ0n) is 18.9. The molecule has 1 aliphatic rings. The maximum atomic E-state index is 13.2. The largest absolute Gasteiger partial charge is 0.368 e. The van der Waals surface area contributed by atoms with Crippen LogP contribution >= 0.6 is 11.6 Å². The summed E-state index contributed by atoms with van der Waals surface area (Å²) >= 11 is 6.15. The zero-order valence-corrected chi connectivity index (χ0v) is 19.7. The van der Waals surface area contributed by atoms with Crippen molar-refractivity contribution in [3.63, 3.8) is 0 Å². The van der Waals surface area contributed by atoms with Crippen LogP contribution in [-0.4, -0.2) is 46.5 Å². The van der Waals surface area contributed by atoms with E-state index in [9.17, 15) is 14.0 Å². The summed E-state index contributed by atoms with van der Waals surface area (Å²) in [7, 11) is 0. The number of piperazine rings is 1. The number of aromatic nitrogens is 2. The lowest BCUT2D eigenvalue weighted by molar-refractivity contribution is -0.131. The molecular formula is C25H28ClFN4O2. The van der Waals surface area contributed by atoms with Gasteiger partial charge in [-0.05, 0) is 48.4 Å². The quantitative estimate of drug-likeness (QED) is 0.543. The molecule has 3 aromatic rings. The van der Waals surface area contributed by atoms with Crippen LogP contribution in [0.4, 0.5) is 10.1 Å². The van der Waals surface area contributed by atoms with Gasteiger partial charge in [-0.1, -0.05) is 25.4 Å². The minimum absolute atomic E-state index is 0.0107. The summed E-state index contributed by atoms with van der Waals surface area (Å²) in [5, 5.41) is 0.561. The zero-order chi connectivity index (χ0) is 23.5. The Labute approximate surface area is 197 Å². The first-order valence-electron chi connectivity index (χ1n) is 11.3. The normalized spacial score (nSPS) is 14.3. The first-order chi connectivity index (χ1) is 15.8. The summed E-state index contributed by atoms with van der Waals surface area (Å²) in [4.78, 5) is 34.5. The lowest BCUT2D eigenvalue weighted by atomic mass is 10.1. The topological polar surface area (TPSA) is 58.4 Å². The Hall–Kier alpha value is -2.93. The van der Waals surface area contributed by atoms with Crippen LogP contribution in [0.2, 0.25) is 5.02 Å². The number of amides is 1. The number of halogens is 2. The SMILES string of the molecule is CC(C)Cn1c(=O)c(CCC(=O)N2CCN(c3ccc(F)cc3)CC2)nc2cc(Cl)ccc21. The average molecular weight is 471 g/mol. The molecule has 2 heterocycles. The molecule has 0 atom stereocenters. The van der Waals surface area contributed by atoms with Gasteiger partial charge in [0.05, 0.1) is 11.0 Å². The van der Waals surface area contributed by atoms with Crippen LogP contribution in [0.15, 0.2) is 47.3 Å². The number of aryl methyl sites for hydroxylation is 1. The highest BCUT2D eigenvalue weighted by molar-refractivity contribution is 6.31. The molecular weight excluding hydrogens is 443 g/mol. The van der Waals surface area contributed by atoms with E-state index in [-0.39, 0.29) is 36.0 Å². The van der Waals surface area contributed by atoms with E-state index in [4.69, 9.17) is 11.6 Å². The van der Waals surface area contributed by atoms with Crippen LogP contribution in [0.3, 0.4) is 0 Å². The van der Waals surface area contributed by atoms with E-state index in [0.29, 0.717) is 49.0 Å². The van der Waals surface area contributed by atoms with E-state index in [1.807, 2.05) is 11.0 Å². The predicted octanol–water partition coefficient (Wildman–Crippen LogP) is 4.13. The van der Waals surface area contributed by atoms with Crippen LogP contribution < -0.4 is 10.5 Å². The molecule has 0 unspecified atom stereocenters. The molecule has 2 aromatic carbocycles. The molecule has 8 heteroatoms. The summed E-state index contributed by atoms with van der Waals surface area (Å²) in [6.07, 6.45) is 0.517. The molecule has 0 aliphatic carbocycles. The van der Waals surface area contributed by atoms with Crippen molar-refractivity contribution in [1.82, 2.24) is 14.5 Å². The van der Waals surface area contributed by atoms with E-state index in [1.165, 1.54) is 12.1 Å². The van der Waals surface area contributed by atoms with Gasteiger partial charge in [0, 0.05) is 56.3 Å². The monoisotopic (exact) mass is 470 g/mol. The number of hydrogen-bond acceptors (Lipinski definition) is 4. The molecule has 1 fully saturated rings. The Morgan fingerprint density at radius 1 is 1.09 bits per heavy atom. The van der Waals surface area contributed by atoms with E-state index in [2.05, 4.69) is 23.7 Å². The van der Waals surface area contributed by atoms with Crippen LogP contribution in [0, 0.1) is 11.7 Å². The fraction of sp³-hybridized carbons (Fsp3) is 0.400. The Balaban J connectivity index is 1.44. The van der Waals surface area contributed by atoms with E-state index < -0.39 is 0 Å². The second-order valence-corrected chi connectivity index (χ2v) is 9.28. The Morgan fingerprint density at radius 3 is 2.45 bits per heavy atom. The smallest absolute Gasteiger partial charge is 0.272 e. The van der Waals surface area contributed by atoms with Gasteiger partial charge < -0.3 is 14.4 Å². The van der Waals surface area contributed by atoms with Crippen molar-refractivity contribution in [1.29, 1.82) is 0 Å². The molecule has 0 spiro atoms. The Bertz CT molecular complexity index is 1200. The van der Waals surface area contributed by atoms with E-state index >= 15 is 0 Å². The van der Waals surface area contributed by atoms with Crippen molar-refractivity contribution in [2.45, 2.75) is 33.2 Å². The standard InChI is InChI=1S/C25H28ClFN4O2/c1-17(2)16-31-23-9-3-18(26)15-22(23)28-21(25(31)33)8-10-24(32)30-13-11-29(12-14-30)20-6-4-19(27)5-7-20/h3-7,9,15,17H,8,10-14,16H2,1-2H3. The highest BCUT2D eigenvalue weighted by Gasteiger charge is 2.22. The third-order valence-corrected chi connectivity index (χ3v) is 6.16. The molecule has 33 heavy (non-hydrogen) atoms. The second-order valence-electron chi connectivity index (χ2n) is 8.85. The number of hydrogen-bond donors (Lipinski definition) is 0. The molecule has 6 nitrogen and oxygen atoms in total. The maximum absolute atomic E-state index is 13.2. The number of carbonyl (C=O) groups excluding carboxylic acids is 1. The second kappa shape index (κ2) is 9.91. The summed E-state index contributed by atoms with van der Waals surface area (Å²) in [5.74, 6) is 0.0389. The molecule has 4 rings (SSSR count).